The number of aromatic nitrogens is 1. The molecule has 5 nitrogen and oxygen atoms in total. The lowest BCUT2D eigenvalue weighted by Crippen LogP contribution is -2.00. The average Bonchev–Trinajstić information content (AvgIpc) is 2.73. The predicted octanol–water partition coefficient (Wildman–Crippen LogP) is 3.48. The van der Waals surface area contributed by atoms with Gasteiger partial charge in [0.25, 0.3) is 0 Å². The van der Waals surface area contributed by atoms with Crippen LogP contribution < -0.4 is 0 Å². The minimum Gasteiger partial charge on any atom is -0.508 e. The first-order chi connectivity index (χ1) is 10.1. The molecule has 0 radical (unpaired) electrons. The number of hydrogen-bond donors (Lipinski definition) is 2. The molecule has 0 saturated carbocycles. The van der Waals surface area contributed by atoms with Crippen LogP contribution in [-0.4, -0.2) is 34.7 Å². The monoisotopic (exact) mass is 324 g/mol. The third-order valence-electron chi connectivity index (χ3n) is 2.78. The van der Waals surface area contributed by atoms with E-state index in [-0.39, 0.29) is 11.6 Å². The zero-order chi connectivity index (χ0) is 15.2. The van der Waals surface area contributed by atoms with E-state index in [0.717, 1.165) is 6.42 Å². The molecule has 0 aliphatic heterocycles. The molecule has 0 amide bonds. The van der Waals surface area contributed by atoms with Crippen molar-refractivity contribution in [3.05, 3.63) is 33.1 Å². The molecule has 21 heavy (non-hydrogen) atoms. The summed E-state index contributed by atoms with van der Waals surface area (Å²) in [5.74, 6) is 0.267. The van der Waals surface area contributed by atoms with E-state index in [9.17, 15) is 10.2 Å². The Bertz CT molecular complexity index is 692. The molecule has 0 spiro atoms. The van der Waals surface area contributed by atoms with E-state index in [1.807, 2.05) is 0 Å². The first-order valence-corrected chi connectivity index (χ1v) is 7.59. The van der Waals surface area contributed by atoms with Crippen LogP contribution in [0.3, 0.4) is 0 Å². The van der Waals surface area contributed by atoms with Crippen LogP contribution in [0.1, 0.15) is 11.3 Å². The maximum Gasteiger partial charge on any atom is 0.212 e. The van der Waals surface area contributed by atoms with Gasteiger partial charge in [0.15, 0.2) is 3.95 Å². The second kappa shape index (κ2) is 7.35. The summed E-state index contributed by atoms with van der Waals surface area (Å²) < 4.78 is 7.26. The van der Waals surface area contributed by atoms with Gasteiger partial charge >= 0.3 is 0 Å². The lowest BCUT2D eigenvalue weighted by atomic mass is 10.3. The second-order valence-corrected chi connectivity index (χ2v) is 6.01. The molecule has 0 atom stereocenters. The highest BCUT2D eigenvalue weighted by molar-refractivity contribution is 7.73. The fraction of sp³-hybridized carbons (Fsp3) is 0.286. The van der Waals surface area contributed by atoms with Crippen molar-refractivity contribution in [1.29, 1.82) is 0 Å². The van der Waals surface area contributed by atoms with Crippen LogP contribution in [0.5, 0.6) is 11.6 Å². The molecule has 0 unspecified atom stereocenters. The molecule has 7 heteroatoms. The Morgan fingerprint density at radius 3 is 2.95 bits per heavy atom. The van der Waals surface area contributed by atoms with E-state index in [1.54, 1.807) is 42.2 Å². The first-order valence-electron chi connectivity index (χ1n) is 6.36. The van der Waals surface area contributed by atoms with Crippen LogP contribution in [0.15, 0.2) is 29.3 Å². The SMILES string of the molecule is COCCCn1c(O)c(C=Nc2cccc(O)c2)sc1=S. The second-order valence-electron chi connectivity index (χ2n) is 4.33. The molecule has 1 aromatic heterocycles. The van der Waals surface area contributed by atoms with Crippen molar-refractivity contribution in [3.63, 3.8) is 0 Å². The van der Waals surface area contributed by atoms with Crippen LogP contribution in [0.2, 0.25) is 0 Å². The standard InChI is InChI=1S/C14H16N2O3S2/c1-19-7-3-6-16-13(18)12(21-14(16)20)9-15-10-4-2-5-11(17)8-10/h2,4-5,8-9,17-18H,3,6-7H2,1H3. The molecule has 0 aliphatic carbocycles. The number of phenols is 1. The summed E-state index contributed by atoms with van der Waals surface area (Å²) in [6, 6.07) is 6.59. The quantitative estimate of drug-likeness (QED) is 0.485. The Hall–Kier alpha value is -1.70. The molecule has 0 saturated heterocycles. The van der Waals surface area contributed by atoms with E-state index in [1.165, 1.54) is 11.3 Å². The van der Waals surface area contributed by atoms with Crippen molar-refractivity contribution < 1.29 is 14.9 Å². The summed E-state index contributed by atoms with van der Waals surface area (Å²) in [6.07, 6.45) is 2.33. The van der Waals surface area contributed by atoms with Crippen LogP contribution in [0.25, 0.3) is 0 Å². The van der Waals surface area contributed by atoms with E-state index in [0.29, 0.717) is 27.7 Å². The number of thiazole rings is 1. The highest BCUT2D eigenvalue weighted by Gasteiger charge is 2.09. The van der Waals surface area contributed by atoms with Gasteiger partial charge in [-0.1, -0.05) is 17.4 Å². The molecule has 1 aromatic carbocycles. The van der Waals surface area contributed by atoms with Gasteiger partial charge in [0.2, 0.25) is 5.88 Å². The number of aromatic hydroxyl groups is 2. The van der Waals surface area contributed by atoms with Crippen molar-refractivity contribution in [2.24, 2.45) is 4.99 Å². The normalized spacial score (nSPS) is 11.3. The minimum absolute atomic E-state index is 0.116. The van der Waals surface area contributed by atoms with Gasteiger partial charge in [-0.2, -0.15) is 0 Å². The Kier molecular flexibility index (Phi) is 5.49. The third-order valence-corrected chi connectivity index (χ3v) is 4.16. The van der Waals surface area contributed by atoms with Crippen LogP contribution >= 0.6 is 23.6 Å². The molecule has 1 heterocycles. The van der Waals surface area contributed by atoms with Gasteiger partial charge in [-0.15, -0.1) is 0 Å². The topological polar surface area (TPSA) is 67.0 Å². The number of nitrogens with zero attached hydrogens (tertiary/aromatic N) is 2. The van der Waals surface area contributed by atoms with Gasteiger partial charge in [-0.25, -0.2) is 0 Å². The molecule has 2 aromatic rings. The van der Waals surface area contributed by atoms with Gasteiger partial charge in [0, 0.05) is 26.3 Å². The number of hydrogen-bond acceptors (Lipinski definition) is 6. The van der Waals surface area contributed by atoms with E-state index < -0.39 is 0 Å². The lowest BCUT2D eigenvalue weighted by molar-refractivity contribution is 0.189. The van der Waals surface area contributed by atoms with E-state index in [2.05, 4.69) is 4.99 Å². The molecule has 0 fully saturated rings. The summed E-state index contributed by atoms with van der Waals surface area (Å²) in [5, 5.41) is 19.5. The Balaban J connectivity index is 2.17. The summed E-state index contributed by atoms with van der Waals surface area (Å²) >= 11 is 6.54. The number of methoxy groups -OCH3 is 1. The molecular weight excluding hydrogens is 308 g/mol. The van der Waals surface area contributed by atoms with Crippen LogP contribution in [-0.2, 0) is 11.3 Å². The Morgan fingerprint density at radius 1 is 1.43 bits per heavy atom. The van der Waals surface area contributed by atoms with Gasteiger partial charge in [0.1, 0.15) is 10.6 Å². The van der Waals surface area contributed by atoms with Crippen LogP contribution in [0, 0.1) is 3.95 Å². The predicted molar refractivity (Wildman–Crippen MR) is 86.7 cm³/mol. The van der Waals surface area contributed by atoms with Crippen molar-refractivity contribution in [2.75, 3.05) is 13.7 Å². The summed E-state index contributed by atoms with van der Waals surface area (Å²) in [6.45, 7) is 1.22. The zero-order valence-electron chi connectivity index (χ0n) is 11.5. The van der Waals surface area contributed by atoms with E-state index >= 15 is 0 Å². The molecule has 112 valence electrons. The van der Waals surface area contributed by atoms with Crippen molar-refractivity contribution in [3.8, 4) is 11.6 Å². The van der Waals surface area contributed by atoms with Crippen molar-refractivity contribution >= 4 is 35.5 Å². The number of benzene rings is 1. The van der Waals surface area contributed by atoms with Gasteiger partial charge < -0.3 is 14.9 Å². The number of phenolic OH excluding ortho intramolecular Hbond substituents is 1. The maximum absolute atomic E-state index is 10.2. The van der Waals surface area contributed by atoms with Crippen molar-refractivity contribution in [2.45, 2.75) is 13.0 Å². The first kappa shape index (κ1) is 15.7. The molecule has 0 aliphatic rings. The maximum atomic E-state index is 10.2. The lowest BCUT2D eigenvalue weighted by Gasteiger charge is -2.03. The Labute approximate surface area is 131 Å². The third kappa shape index (κ3) is 4.13. The van der Waals surface area contributed by atoms with Crippen LogP contribution in [0.4, 0.5) is 5.69 Å². The number of rotatable bonds is 6. The van der Waals surface area contributed by atoms with Crippen molar-refractivity contribution in [1.82, 2.24) is 4.57 Å². The average molecular weight is 324 g/mol. The molecule has 2 N–H and O–H groups in total. The fourth-order valence-electron chi connectivity index (χ4n) is 1.77. The zero-order valence-corrected chi connectivity index (χ0v) is 13.2. The summed E-state index contributed by atoms with van der Waals surface area (Å²) in [7, 11) is 1.64. The van der Waals surface area contributed by atoms with Gasteiger partial charge in [-0.05, 0) is 30.8 Å². The molecule has 2 rings (SSSR count). The number of aliphatic imine (C=N–C) groups is 1. The highest BCUT2D eigenvalue weighted by atomic mass is 32.1. The smallest absolute Gasteiger partial charge is 0.212 e. The summed E-state index contributed by atoms with van der Waals surface area (Å²) in [5.41, 5.74) is 0.611. The van der Waals surface area contributed by atoms with E-state index in [4.69, 9.17) is 17.0 Å². The molecular formula is C14H16N2O3S2. The van der Waals surface area contributed by atoms with Gasteiger partial charge in [-0.3, -0.25) is 9.56 Å². The minimum atomic E-state index is 0.116. The van der Waals surface area contributed by atoms with Gasteiger partial charge in [0.05, 0.1) is 11.9 Å². The Morgan fingerprint density at radius 2 is 2.24 bits per heavy atom. The fourth-order valence-corrected chi connectivity index (χ4v) is 3.00. The number of ether oxygens (including phenoxy) is 1. The molecule has 0 bridgehead atoms. The summed E-state index contributed by atoms with van der Waals surface area (Å²) in [4.78, 5) is 4.83. The largest absolute Gasteiger partial charge is 0.508 e. The highest BCUT2D eigenvalue weighted by Crippen LogP contribution is 2.26.